The molecule has 3 nitrogen and oxygen atoms in total. The van der Waals surface area contributed by atoms with Gasteiger partial charge < -0.3 is 4.74 Å². The molecule has 1 fully saturated rings. The van der Waals surface area contributed by atoms with Crippen molar-refractivity contribution in [2.24, 2.45) is 5.92 Å². The summed E-state index contributed by atoms with van der Waals surface area (Å²) < 4.78 is 5.73. The molecule has 0 spiro atoms. The van der Waals surface area contributed by atoms with Crippen LogP contribution in [0.5, 0.6) is 5.88 Å². The van der Waals surface area contributed by atoms with E-state index in [2.05, 4.69) is 16.9 Å². The summed E-state index contributed by atoms with van der Waals surface area (Å²) in [6.45, 7) is 2.21. The fourth-order valence-corrected chi connectivity index (χ4v) is 1.96. The van der Waals surface area contributed by atoms with Crippen molar-refractivity contribution >= 4 is 11.6 Å². The van der Waals surface area contributed by atoms with E-state index in [4.69, 9.17) is 16.3 Å². The molecule has 0 aromatic carbocycles. The smallest absolute Gasteiger partial charge is 0.218 e. The van der Waals surface area contributed by atoms with E-state index in [-0.39, 0.29) is 0 Å². The molecule has 0 radical (unpaired) electrons. The standard InChI is InChI=1S/C10H13ClN2O/c1-7-3-2-4-8(7)14-10-5-9(11)12-6-13-10/h5-8H,2-4H2,1H3. The van der Waals surface area contributed by atoms with E-state index in [0.717, 1.165) is 6.42 Å². The van der Waals surface area contributed by atoms with Crippen LogP contribution in [0.25, 0.3) is 0 Å². The van der Waals surface area contributed by atoms with Gasteiger partial charge in [-0.3, -0.25) is 0 Å². The van der Waals surface area contributed by atoms with Crippen LogP contribution in [0.3, 0.4) is 0 Å². The van der Waals surface area contributed by atoms with Gasteiger partial charge >= 0.3 is 0 Å². The van der Waals surface area contributed by atoms with Crippen LogP contribution in [-0.4, -0.2) is 16.1 Å². The second-order valence-corrected chi connectivity index (χ2v) is 4.13. The van der Waals surface area contributed by atoms with Crippen LogP contribution in [0, 0.1) is 5.92 Å². The van der Waals surface area contributed by atoms with E-state index in [1.54, 1.807) is 6.07 Å². The Morgan fingerprint density at radius 1 is 1.43 bits per heavy atom. The predicted octanol–water partition coefficient (Wildman–Crippen LogP) is 2.70. The predicted molar refractivity (Wildman–Crippen MR) is 54.5 cm³/mol. The minimum absolute atomic E-state index is 0.293. The van der Waals surface area contributed by atoms with Crippen LogP contribution in [0.2, 0.25) is 5.15 Å². The van der Waals surface area contributed by atoms with Gasteiger partial charge in [0, 0.05) is 6.07 Å². The maximum Gasteiger partial charge on any atom is 0.218 e. The molecule has 2 rings (SSSR count). The van der Waals surface area contributed by atoms with Crippen LogP contribution >= 0.6 is 11.6 Å². The molecule has 76 valence electrons. The zero-order chi connectivity index (χ0) is 9.97. The Morgan fingerprint density at radius 2 is 2.29 bits per heavy atom. The summed E-state index contributed by atoms with van der Waals surface area (Å²) in [7, 11) is 0. The van der Waals surface area contributed by atoms with Crippen LogP contribution in [-0.2, 0) is 0 Å². The topological polar surface area (TPSA) is 35.0 Å². The molecule has 2 unspecified atom stereocenters. The fourth-order valence-electron chi connectivity index (χ4n) is 1.82. The minimum Gasteiger partial charge on any atom is -0.474 e. The molecule has 14 heavy (non-hydrogen) atoms. The SMILES string of the molecule is CC1CCCC1Oc1cc(Cl)ncn1. The Bertz CT molecular complexity index is 319. The summed E-state index contributed by atoms with van der Waals surface area (Å²) in [6, 6.07) is 1.66. The van der Waals surface area contributed by atoms with Gasteiger partial charge in [0.2, 0.25) is 5.88 Å². The van der Waals surface area contributed by atoms with E-state index in [1.165, 1.54) is 19.2 Å². The first-order valence-electron chi connectivity index (χ1n) is 4.90. The lowest BCUT2D eigenvalue weighted by atomic mass is 10.1. The quantitative estimate of drug-likeness (QED) is 0.707. The summed E-state index contributed by atoms with van der Waals surface area (Å²) >= 11 is 5.74. The first kappa shape index (κ1) is 9.71. The highest BCUT2D eigenvalue weighted by Gasteiger charge is 2.25. The Labute approximate surface area is 88.5 Å². The molecule has 4 heteroatoms. The van der Waals surface area contributed by atoms with Crippen molar-refractivity contribution in [1.82, 2.24) is 9.97 Å². The number of ether oxygens (including phenoxy) is 1. The molecule has 2 atom stereocenters. The van der Waals surface area contributed by atoms with E-state index >= 15 is 0 Å². The first-order valence-corrected chi connectivity index (χ1v) is 5.27. The summed E-state index contributed by atoms with van der Waals surface area (Å²) in [5, 5.41) is 0.431. The lowest BCUT2D eigenvalue weighted by Gasteiger charge is -2.16. The van der Waals surface area contributed by atoms with Crippen molar-refractivity contribution in [2.75, 3.05) is 0 Å². The maximum atomic E-state index is 5.74. The molecule has 1 saturated carbocycles. The molecule has 0 N–H and O–H groups in total. The third-order valence-corrected chi connectivity index (χ3v) is 2.87. The number of hydrogen-bond acceptors (Lipinski definition) is 3. The van der Waals surface area contributed by atoms with Crippen LogP contribution < -0.4 is 4.74 Å². The molecule has 0 saturated heterocycles. The molecular weight excluding hydrogens is 200 g/mol. The maximum absolute atomic E-state index is 5.74. The van der Waals surface area contributed by atoms with Gasteiger partial charge in [-0.1, -0.05) is 18.5 Å². The van der Waals surface area contributed by atoms with Crippen LogP contribution in [0.15, 0.2) is 12.4 Å². The number of hydrogen-bond donors (Lipinski definition) is 0. The van der Waals surface area contributed by atoms with Gasteiger partial charge in [-0.15, -0.1) is 0 Å². The van der Waals surface area contributed by atoms with Crippen LogP contribution in [0.1, 0.15) is 26.2 Å². The van der Waals surface area contributed by atoms with Gasteiger partial charge in [0.15, 0.2) is 0 Å². The number of nitrogens with zero attached hydrogens (tertiary/aromatic N) is 2. The highest BCUT2D eigenvalue weighted by atomic mass is 35.5. The fraction of sp³-hybridized carbons (Fsp3) is 0.600. The molecular formula is C10H13ClN2O. The third-order valence-electron chi connectivity index (χ3n) is 2.66. The highest BCUT2D eigenvalue weighted by Crippen LogP contribution is 2.28. The third kappa shape index (κ3) is 2.15. The Morgan fingerprint density at radius 3 is 2.93 bits per heavy atom. The molecule has 1 aliphatic carbocycles. The highest BCUT2D eigenvalue weighted by molar-refractivity contribution is 6.29. The number of halogens is 1. The minimum atomic E-state index is 0.293. The first-order chi connectivity index (χ1) is 6.75. The molecule has 1 aromatic rings. The van der Waals surface area contributed by atoms with Crippen molar-refractivity contribution in [3.05, 3.63) is 17.5 Å². The van der Waals surface area contributed by atoms with Crippen molar-refractivity contribution in [3.8, 4) is 5.88 Å². The summed E-state index contributed by atoms with van der Waals surface area (Å²) in [6.07, 6.45) is 5.31. The van der Waals surface area contributed by atoms with E-state index in [0.29, 0.717) is 23.1 Å². The van der Waals surface area contributed by atoms with Gasteiger partial charge in [0.25, 0.3) is 0 Å². The van der Waals surface area contributed by atoms with Gasteiger partial charge in [0.1, 0.15) is 17.6 Å². The summed E-state index contributed by atoms with van der Waals surface area (Å²) in [4.78, 5) is 7.83. The molecule has 1 aliphatic rings. The molecule has 0 aliphatic heterocycles. The average molecular weight is 213 g/mol. The second-order valence-electron chi connectivity index (χ2n) is 3.74. The number of aromatic nitrogens is 2. The van der Waals surface area contributed by atoms with E-state index < -0.39 is 0 Å². The lowest BCUT2D eigenvalue weighted by molar-refractivity contribution is 0.160. The largest absolute Gasteiger partial charge is 0.474 e. The normalized spacial score (nSPS) is 26.4. The molecule has 1 aromatic heterocycles. The van der Waals surface area contributed by atoms with Gasteiger partial charge in [-0.05, 0) is 25.2 Å². The molecule has 0 amide bonds. The van der Waals surface area contributed by atoms with Crippen molar-refractivity contribution < 1.29 is 4.74 Å². The van der Waals surface area contributed by atoms with Crippen LogP contribution in [0.4, 0.5) is 0 Å². The Kier molecular flexibility index (Phi) is 2.87. The Hall–Kier alpha value is -0.830. The number of rotatable bonds is 2. The van der Waals surface area contributed by atoms with Crippen molar-refractivity contribution in [3.63, 3.8) is 0 Å². The lowest BCUT2D eigenvalue weighted by Crippen LogP contribution is -2.19. The Balaban J connectivity index is 2.03. The van der Waals surface area contributed by atoms with E-state index in [9.17, 15) is 0 Å². The van der Waals surface area contributed by atoms with Gasteiger partial charge in [-0.25, -0.2) is 9.97 Å². The van der Waals surface area contributed by atoms with Gasteiger partial charge in [0.05, 0.1) is 0 Å². The monoisotopic (exact) mass is 212 g/mol. The summed E-state index contributed by atoms with van der Waals surface area (Å²) in [5.74, 6) is 1.20. The zero-order valence-corrected chi connectivity index (χ0v) is 8.87. The summed E-state index contributed by atoms with van der Waals surface area (Å²) in [5.41, 5.74) is 0. The average Bonchev–Trinajstić information content (AvgIpc) is 2.52. The molecule has 0 bridgehead atoms. The zero-order valence-electron chi connectivity index (χ0n) is 8.11. The van der Waals surface area contributed by atoms with E-state index in [1.807, 2.05) is 0 Å². The van der Waals surface area contributed by atoms with Crippen molar-refractivity contribution in [1.29, 1.82) is 0 Å². The molecule has 1 heterocycles. The van der Waals surface area contributed by atoms with Gasteiger partial charge in [-0.2, -0.15) is 0 Å². The second kappa shape index (κ2) is 4.13. The van der Waals surface area contributed by atoms with Crippen molar-refractivity contribution in [2.45, 2.75) is 32.3 Å².